The fourth-order valence-corrected chi connectivity index (χ4v) is 4.08. The van der Waals surface area contributed by atoms with Gasteiger partial charge in [0.15, 0.2) is 21.3 Å². The Hall–Kier alpha value is -2.61. The van der Waals surface area contributed by atoms with Gasteiger partial charge in [0, 0.05) is 17.7 Å². The molecule has 0 unspecified atom stereocenters. The van der Waals surface area contributed by atoms with Crippen LogP contribution in [0, 0.1) is 0 Å². The molecule has 27 heavy (non-hydrogen) atoms. The van der Waals surface area contributed by atoms with Crippen molar-refractivity contribution in [2.75, 3.05) is 34.2 Å². The summed E-state index contributed by atoms with van der Waals surface area (Å²) in [4.78, 5) is 0. The fraction of sp³-hybridized carbons (Fsp3) is 0.368. The van der Waals surface area contributed by atoms with Crippen molar-refractivity contribution in [2.24, 2.45) is 0 Å². The molecule has 0 spiro atoms. The van der Waals surface area contributed by atoms with Crippen LogP contribution in [-0.4, -0.2) is 47.7 Å². The molecule has 0 bridgehead atoms. The number of rotatable bonds is 9. The number of ether oxygens (including phenoxy) is 4. The zero-order valence-electron chi connectivity index (χ0n) is 15.8. The quantitative estimate of drug-likeness (QED) is 0.696. The van der Waals surface area contributed by atoms with Crippen LogP contribution < -0.4 is 18.9 Å². The first-order chi connectivity index (χ1) is 12.8. The zero-order valence-corrected chi connectivity index (χ0v) is 16.6. The number of sulfone groups is 1. The minimum absolute atomic E-state index is 0.0938. The molecule has 0 aliphatic carbocycles. The maximum Gasteiger partial charge on any atom is 0.160 e. The molecule has 2 aromatic rings. The van der Waals surface area contributed by atoms with Crippen molar-refractivity contribution in [2.45, 2.75) is 12.2 Å². The zero-order chi connectivity index (χ0) is 20.0. The van der Waals surface area contributed by atoms with E-state index in [1.165, 1.54) is 40.6 Å². The van der Waals surface area contributed by atoms with Gasteiger partial charge in [0.05, 0.1) is 39.9 Å². The van der Waals surface area contributed by atoms with Crippen molar-refractivity contribution in [1.29, 1.82) is 0 Å². The Morgan fingerprint density at radius 3 is 1.93 bits per heavy atom. The molecule has 0 aliphatic heterocycles. The molecule has 8 heteroatoms. The topological polar surface area (TPSA) is 91.3 Å². The first-order valence-electron chi connectivity index (χ1n) is 8.18. The van der Waals surface area contributed by atoms with E-state index >= 15 is 0 Å². The fourth-order valence-electron chi connectivity index (χ4n) is 2.73. The summed E-state index contributed by atoms with van der Waals surface area (Å²) in [5, 5.41) is 9.82. The minimum Gasteiger partial charge on any atom is -0.504 e. The third kappa shape index (κ3) is 5.19. The molecule has 1 N–H and O–H groups in total. The van der Waals surface area contributed by atoms with Gasteiger partial charge in [0.1, 0.15) is 17.2 Å². The largest absolute Gasteiger partial charge is 0.504 e. The molecule has 0 amide bonds. The molecule has 0 saturated carbocycles. The van der Waals surface area contributed by atoms with Crippen molar-refractivity contribution in [3.8, 4) is 28.7 Å². The average molecular weight is 396 g/mol. The highest BCUT2D eigenvalue weighted by atomic mass is 32.2. The third-order valence-corrected chi connectivity index (χ3v) is 5.71. The summed E-state index contributed by atoms with van der Waals surface area (Å²) in [5.41, 5.74) is 1.14. The highest BCUT2D eigenvalue weighted by molar-refractivity contribution is 7.90. The summed E-state index contributed by atoms with van der Waals surface area (Å²) in [7, 11) is 2.55. The van der Waals surface area contributed by atoms with Crippen molar-refractivity contribution in [3.63, 3.8) is 0 Å². The van der Waals surface area contributed by atoms with E-state index in [-0.39, 0.29) is 23.7 Å². The second kappa shape index (κ2) is 8.85. The van der Waals surface area contributed by atoms with Crippen LogP contribution in [-0.2, 0) is 22.0 Å². The Bertz CT molecular complexity index is 866. The minimum atomic E-state index is -3.43. The predicted molar refractivity (Wildman–Crippen MR) is 102 cm³/mol. The second-order valence-electron chi connectivity index (χ2n) is 5.86. The van der Waals surface area contributed by atoms with E-state index in [0.717, 1.165) is 0 Å². The van der Waals surface area contributed by atoms with E-state index in [9.17, 15) is 13.5 Å². The first kappa shape index (κ1) is 20.7. The SMILES string of the molecule is COc1cc(OC)c(CCS(=O)(=O)Cc2ccc(OC)c(O)c2)c(OC)c1. The van der Waals surface area contributed by atoms with E-state index in [1.807, 2.05) is 0 Å². The lowest BCUT2D eigenvalue weighted by molar-refractivity contribution is 0.369. The van der Waals surface area contributed by atoms with Crippen LogP contribution in [0.1, 0.15) is 11.1 Å². The highest BCUT2D eigenvalue weighted by Gasteiger charge is 2.19. The smallest absolute Gasteiger partial charge is 0.160 e. The molecule has 0 saturated heterocycles. The Morgan fingerprint density at radius 1 is 0.852 bits per heavy atom. The number of hydrogen-bond donors (Lipinski definition) is 1. The summed E-state index contributed by atoms with van der Waals surface area (Å²) in [6, 6.07) is 7.92. The number of methoxy groups -OCH3 is 4. The Morgan fingerprint density at radius 2 is 1.44 bits per heavy atom. The normalized spacial score (nSPS) is 11.1. The number of phenolic OH excluding ortho intramolecular Hbond substituents is 1. The Kier molecular flexibility index (Phi) is 6.79. The Balaban J connectivity index is 2.18. The van der Waals surface area contributed by atoms with Crippen molar-refractivity contribution < 1.29 is 32.5 Å². The Labute approximate surface area is 159 Å². The molecular weight excluding hydrogens is 372 g/mol. The first-order valence-corrected chi connectivity index (χ1v) is 10.0. The van der Waals surface area contributed by atoms with Crippen LogP contribution in [0.15, 0.2) is 30.3 Å². The van der Waals surface area contributed by atoms with Gasteiger partial charge < -0.3 is 24.1 Å². The van der Waals surface area contributed by atoms with E-state index in [2.05, 4.69) is 0 Å². The maximum absolute atomic E-state index is 12.5. The maximum atomic E-state index is 12.5. The molecule has 0 aliphatic rings. The number of aromatic hydroxyl groups is 1. The van der Waals surface area contributed by atoms with Gasteiger partial charge in [-0.15, -0.1) is 0 Å². The van der Waals surface area contributed by atoms with Crippen molar-refractivity contribution in [3.05, 3.63) is 41.5 Å². The lowest BCUT2D eigenvalue weighted by atomic mass is 10.1. The molecule has 0 heterocycles. The summed E-state index contributed by atoms with van der Waals surface area (Å²) in [6.45, 7) is 0. The molecule has 0 radical (unpaired) electrons. The van der Waals surface area contributed by atoms with Crippen LogP contribution in [0.4, 0.5) is 0 Å². The summed E-state index contributed by atoms with van der Waals surface area (Å²) >= 11 is 0. The van der Waals surface area contributed by atoms with Crippen LogP contribution >= 0.6 is 0 Å². The van der Waals surface area contributed by atoms with Gasteiger partial charge in [-0.3, -0.25) is 0 Å². The number of benzene rings is 2. The molecule has 0 atom stereocenters. The van der Waals surface area contributed by atoms with Crippen LogP contribution in [0.2, 0.25) is 0 Å². The van der Waals surface area contributed by atoms with Gasteiger partial charge >= 0.3 is 0 Å². The standard InChI is InChI=1S/C19H24O7S/c1-23-14-10-18(25-3)15(19(11-14)26-4)7-8-27(21,22)12-13-5-6-17(24-2)16(20)9-13/h5-6,9-11,20H,7-8,12H2,1-4H3. The van der Waals surface area contributed by atoms with Gasteiger partial charge in [0.25, 0.3) is 0 Å². The number of hydrogen-bond acceptors (Lipinski definition) is 7. The highest BCUT2D eigenvalue weighted by Crippen LogP contribution is 2.35. The van der Waals surface area contributed by atoms with E-state index in [4.69, 9.17) is 18.9 Å². The molecule has 2 aromatic carbocycles. The molecular formula is C19H24O7S. The van der Waals surface area contributed by atoms with Gasteiger partial charge in [-0.25, -0.2) is 8.42 Å². The number of phenols is 1. The van der Waals surface area contributed by atoms with Crippen molar-refractivity contribution >= 4 is 9.84 Å². The van der Waals surface area contributed by atoms with Gasteiger partial charge in [-0.1, -0.05) is 6.07 Å². The second-order valence-corrected chi connectivity index (χ2v) is 8.04. The lowest BCUT2D eigenvalue weighted by Crippen LogP contribution is -2.12. The molecule has 0 fully saturated rings. The van der Waals surface area contributed by atoms with E-state index in [1.54, 1.807) is 18.2 Å². The summed E-state index contributed by atoms with van der Waals surface area (Å²) in [6.07, 6.45) is 0.223. The average Bonchev–Trinajstić information content (AvgIpc) is 2.65. The monoisotopic (exact) mass is 396 g/mol. The van der Waals surface area contributed by atoms with Crippen LogP contribution in [0.25, 0.3) is 0 Å². The predicted octanol–water partition coefficient (Wildman–Crippen LogP) is 2.58. The lowest BCUT2D eigenvalue weighted by Gasteiger charge is -2.15. The third-order valence-electron chi connectivity index (χ3n) is 4.11. The molecule has 148 valence electrons. The van der Waals surface area contributed by atoms with Gasteiger partial charge in [-0.05, 0) is 24.1 Å². The molecule has 7 nitrogen and oxygen atoms in total. The van der Waals surface area contributed by atoms with E-state index < -0.39 is 9.84 Å². The van der Waals surface area contributed by atoms with E-state index in [0.29, 0.717) is 34.1 Å². The molecule has 2 rings (SSSR count). The van der Waals surface area contributed by atoms with Crippen LogP contribution in [0.3, 0.4) is 0 Å². The summed E-state index contributed by atoms with van der Waals surface area (Å²) in [5.74, 6) is 1.48. The summed E-state index contributed by atoms with van der Waals surface area (Å²) < 4.78 is 46.0. The van der Waals surface area contributed by atoms with Gasteiger partial charge in [0.2, 0.25) is 0 Å². The van der Waals surface area contributed by atoms with Crippen LogP contribution in [0.5, 0.6) is 28.7 Å². The molecule has 0 aromatic heterocycles. The van der Waals surface area contributed by atoms with Crippen molar-refractivity contribution in [1.82, 2.24) is 0 Å². The van der Waals surface area contributed by atoms with Gasteiger partial charge in [-0.2, -0.15) is 0 Å².